The van der Waals surface area contributed by atoms with Crippen molar-refractivity contribution >= 4 is 17.3 Å². The molecular weight excluding hydrogens is 409 g/mol. The van der Waals surface area contributed by atoms with Crippen LogP contribution in [0.5, 0.6) is 5.75 Å². The van der Waals surface area contributed by atoms with Gasteiger partial charge in [0.2, 0.25) is 0 Å². The largest absolute Gasteiger partial charge is 0.488 e. The first kappa shape index (κ1) is 20.7. The fourth-order valence-electron chi connectivity index (χ4n) is 3.45. The number of benzene rings is 2. The summed E-state index contributed by atoms with van der Waals surface area (Å²) >= 11 is 5.98. The highest BCUT2D eigenvalue weighted by Crippen LogP contribution is 2.32. The molecule has 1 aromatic heterocycles. The maximum atomic E-state index is 14.0. The molecular formula is C22H23ClFN3O3. The highest BCUT2D eigenvalue weighted by atomic mass is 35.5. The van der Waals surface area contributed by atoms with E-state index in [1.165, 1.54) is 12.1 Å². The molecule has 0 aliphatic carbocycles. The minimum absolute atomic E-state index is 0.140. The lowest BCUT2D eigenvalue weighted by Gasteiger charge is -2.28. The van der Waals surface area contributed by atoms with Gasteiger partial charge in [0, 0.05) is 35.6 Å². The van der Waals surface area contributed by atoms with Gasteiger partial charge in [0.25, 0.3) is 0 Å². The standard InChI is InChI=1S/C22H23ClFN3O3/c23-17-3-1-16(2-4-17)7-8-22(14-27-10-9-26-15-27)29-13-19(30-22)12-28-21-6-5-18(25)11-20(21)24/h1-6,9-11,15,19H,7-8,12-14,25H2. The van der Waals surface area contributed by atoms with E-state index in [0.29, 0.717) is 30.3 Å². The third-order valence-corrected chi connectivity index (χ3v) is 5.24. The van der Waals surface area contributed by atoms with Gasteiger partial charge in [-0.05, 0) is 36.2 Å². The predicted octanol–water partition coefficient (Wildman–Crippen LogP) is 4.08. The van der Waals surface area contributed by atoms with Gasteiger partial charge in [-0.3, -0.25) is 0 Å². The number of anilines is 1. The summed E-state index contributed by atoms with van der Waals surface area (Å²) < 4.78 is 33.9. The molecule has 1 aliphatic rings. The van der Waals surface area contributed by atoms with Crippen LogP contribution in [0.1, 0.15) is 12.0 Å². The molecule has 1 saturated heterocycles. The summed E-state index contributed by atoms with van der Waals surface area (Å²) in [6.45, 7) is 1.02. The van der Waals surface area contributed by atoms with Crippen molar-refractivity contribution in [3.8, 4) is 5.75 Å². The van der Waals surface area contributed by atoms with Gasteiger partial charge >= 0.3 is 0 Å². The van der Waals surface area contributed by atoms with E-state index < -0.39 is 11.6 Å². The molecule has 158 valence electrons. The van der Waals surface area contributed by atoms with Crippen molar-refractivity contribution in [3.05, 3.63) is 77.6 Å². The molecule has 2 N–H and O–H groups in total. The van der Waals surface area contributed by atoms with E-state index >= 15 is 0 Å². The molecule has 2 heterocycles. The molecule has 30 heavy (non-hydrogen) atoms. The molecule has 1 fully saturated rings. The summed E-state index contributed by atoms with van der Waals surface area (Å²) in [6.07, 6.45) is 6.38. The van der Waals surface area contributed by atoms with E-state index in [9.17, 15) is 4.39 Å². The maximum Gasteiger partial charge on any atom is 0.187 e. The topological polar surface area (TPSA) is 71.5 Å². The Labute approximate surface area is 179 Å². The number of hydrogen-bond donors (Lipinski definition) is 1. The van der Waals surface area contributed by atoms with Crippen LogP contribution in [0.3, 0.4) is 0 Å². The third kappa shape index (κ3) is 5.11. The Kier molecular flexibility index (Phi) is 6.22. The van der Waals surface area contributed by atoms with Crippen molar-refractivity contribution in [2.45, 2.75) is 31.3 Å². The van der Waals surface area contributed by atoms with Crippen molar-refractivity contribution in [3.63, 3.8) is 0 Å². The van der Waals surface area contributed by atoms with Gasteiger partial charge in [-0.2, -0.15) is 0 Å². The summed E-state index contributed by atoms with van der Waals surface area (Å²) in [5.41, 5.74) is 7.07. The first-order valence-electron chi connectivity index (χ1n) is 9.71. The second-order valence-corrected chi connectivity index (χ2v) is 7.76. The Morgan fingerprint density at radius 3 is 2.83 bits per heavy atom. The smallest absolute Gasteiger partial charge is 0.187 e. The van der Waals surface area contributed by atoms with Crippen LogP contribution < -0.4 is 10.5 Å². The number of ether oxygens (including phenoxy) is 3. The number of hydrogen-bond acceptors (Lipinski definition) is 5. The number of aryl methyl sites for hydroxylation is 1. The zero-order valence-electron chi connectivity index (χ0n) is 16.3. The lowest BCUT2D eigenvalue weighted by atomic mass is 10.0. The predicted molar refractivity (Wildman–Crippen MR) is 112 cm³/mol. The molecule has 1 aliphatic heterocycles. The van der Waals surface area contributed by atoms with Crippen LogP contribution >= 0.6 is 11.6 Å². The molecule has 2 unspecified atom stereocenters. The molecule has 8 heteroatoms. The summed E-state index contributed by atoms with van der Waals surface area (Å²) in [5, 5.41) is 0.701. The number of nitrogen functional groups attached to an aromatic ring is 1. The fraction of sp³-hybridized carbons (Fsp3) is 0.318. The van der Waals surface area contributed by atoms with E-state index in [1.54, 1.807) is 18.6 Å². The van der Waals surface area contributed by atoms with Crippen molar-refractivity contribution in [2.75, 3.05) is 18.9 Å². The van der Waals surface area contributed by atoms with Crippen LogP contribution in [-0.4, -0.2) is 34.7 Å². The Bertz CT molecular complexity index is 968. The first-order chi connectivity index (χ1) is 14.5. The van der Waals surface area contributed by atoms with Gasteiger partial charge in [-0.25, -0.2) is 9.37 Å². The van der Waals surface area contributed by atoms with Crippen molar-refractivity contribution < 1.29 is 18.6 Å². The Morgan fingerprint density at radius 1 is 1.27 bits per heavy atom. The number of aromatic nitrogens is 2. The van der Waals surface area contributed by atoms with E-state index in [2.05, 4.69) is 4.98 Å². The Balaban J connectivity index is 1.41. The SMILES string of the molecule is Nc1ccc(OCC2COC(CCc3ccc(Cl)cc3)(Cn3ccnc3)O2)c(F)c1. The molecule has 3 aromatic rings. The van der Waals surface area contributed by atoms with Crippen LogP contribution in [0, 0.1) is 5.82 Å². The molecule has 0 saturated carbocycles. The normalized spacial score (nSPS) is 21.1. The average Bonchev–Trinajstić information content (AvgIpc) is 3.38. The molecule has 0 bridgehead atoms. The molecule has 0 amide bonds. The molecule has 4 rings (SSSR count). The number of nitrogens with two attached hydrogens (primary N) is 1. The van der Waals surface area contributed by atoms with E-state index in [0.717, 1.165) is 12.0 Å². The minimum Gasteiger partial charge on any atom is -0.488 e. The minimum atomic E-state index is -0.825. The summed E-state index contributed by atoms with van der Waals surface area (Å²) in [7, 11) is 0. The van der Waals surface area contributed by atoms with Gasteiger partial charge in [0.1, 0.15) is 12.7 Å². The zero-order valence-corrected chi connectivity index (χ0v) is 17.1. The van der Waals surface area contributed by atoms with Gasteiger partial charge in [-0.1, -0.05) is 23.7 Å². The Morgan fingerprint density at radius 2 is 2.10 bits per heavy atom. The van der Waals surface area contributed by atoms with E-state index in [-0.39, 0.29) is 18.5 Å². The Hall–Kier alpha value is -2.61. The van der Waals surface area contributed by atoms with Gasteiger partial charge < -0.3 is 24.5 Å². The van der Waals surface area contributed by atoms with Crippen LogP contribution in [0.2, 0.25) is 5.02 Å². The number of nitrogens with zero attached hydrogens (tertiary/aromatic N) is 2. The fourth-order valence-corrected chi connectivity index (χ4v) is 3.58. The molecule has 2 atom stereocenters. The monoisotopic (exact) mass is 431 g/mol. The van der Waals surface area contributed by atoms with Crippen LogP contribution in [0.15, 0.2) is 61.2 Å². The van der Waals surface area contributed by atoms with Gasteiger partial charge in [-0.15, -0.1) is 0 Å². The zero-order chi connectivity index (χ0) is 21.0. The summed E-state index contributed by atoms with van der Waals surface area (Å²) in [5.74, 6) is -1.18. The second-order valence-electron chi connectivity index (χ2n) is 7.32. The van der Waals surface area contributed by atoms with Crippen molar-refractivity contribution in [1.29, 1.82) is 0 Å². The van der Waals surface area contributed by atoms with E-state index in [1.807, 2.05) is 35.0 Å². The van der Waals surface area contributed by atoms with Crippen molar-refractivity contribution in [2.24, 2.45) is 0 Å². The molecule has 0 spiro atoms. The lowest BCUT2D eigenvalue weighted by Crippen LogP contribution is -2.37. The summed E-state index contributed by atoms with van der Waals surface area (Å²) in [6, 6.07) is 12.1. The first-order valence-corrected chi connectivity index (χ1v) is 10.1. The highest BCUT2D eigenvalue weighted by molar-refractivity contribution is 6.30. The highest BCUT2D eigenvalue weighted by Gasteiger charge is 2.42. The quantitative estimate of drug-likeness (QED) is 0.544. The average molecular weight is 432 g/mol. The van der Waals surface area contributed by atoms with Gasteiger partial charge in [0.05, 0.1) is 19.5 Å². The number of halogens is 2. The second kappa shape index (κ2) is 9.04. The number of rotatable bonds is 8. The van der Waals surface area contributed by atoms with Crippen LogP contribution in [0.25, 0.3) is 0 Å². The molecule has 2 aromatic carbocycles. The lowest BCUT2D eigenvalue weighted by molar-refractivity contribution is -0.184. The molecule has 0 radical (unpaired) electrons. The van der Waals surface area contributed by atoms with Crippen LogP contribution in [0.4, 0.5) is 10.1 Å². The van der Waals surface area contributed by atoms with Crippen molar-refractivity contribution in [1.82, 2.24) is 9.55 Å². The maximum absolute atomic E-state index is 14.0. The number of imidazole rings is 1. The molecule has 6 nitrogen and oxygen atoms in total. The van der Waals surface area contributed by atoms with Gasteiger partial charge in [0.15, 0.2) is 17.4 Å². The third-order valence-electron chi connectivity index (χ3n) is 4.98. The van der Waals surface area contributed by atoms with E-state index in [4.69, 9.17) is 31.5 Å². The van der Waals surface area contributed by atoms with Crippen LogP contribution in [-0.2, 0) is 22.4 Å². The summed E-state index contributed by atoms with van der Waals surface area (Å²) in [4.78, 5) is 4.10.